The summed E-state index contributed by atoms with van der Waals surface area (Å²) in [6.07, 6.45) is 0.725. The molecule has 1 N–H and O–H groups in total. The van der Waals surface area contributed by atoms with E-state index in [4.69, 9.17) is 13.9 Å². The van der Waals surface area contributed by atoms with E-state index in [1.807, 2.05) is 0 Å². The summed E-state index contributed by atoms with van der Waals surface area (Å²) in [5.74, 6) is 1.15. The van der Waals surface area contributed by atoms with E-state index in [0.29, 0.717) is 31.6 Å². The zero-order valence-corrected chi connectivity index (χ0v) is 11.7. The Bertz CT molecular complexity index is 334. The Morgan fingerprint density at radius 1 is 1.17 bits per heavy atom. The summed E-state index contributed by atoms with van der Waals surface area (Å²) in [5.41, 5.74) is 0.103. The molecule has 0 spiro atoms. The summed E-state index contributed by atoms with van der Waals surface area (Å²) in [6, 6.07) is 0. The van der Waals surface area contributed by atoms with Gasteiger partial charge in [0, 0.05) is 25.6 Å². The van der Waals surface area contributed by atoms with Gasteiger partial charge in [-0.3, -0.25) is 0 Å². The number of ether oxygens (including phenoxy) is 2. The van der Waals surface area contributed by atoms with Crippen LogP contribution in [0.4, 0.5) is 0 Å². The lowest BCUT2D eigenvalue weighted by atomic mass is 10.1. The van der Waals surface area contributed by atoms with Crippen molar-refractivity contribution in [3.8, 4) is 0 Å². The fraction of sp³-hybridized carbons (Fsp3) is 0.833. The van der Waals surface area contributed by atoms with E-state index < -0.39 is 0 Å². The van der Waals surface area contributed by atoms with Crippen molar-refractivity contribution in [1.82, 2.24) is 15.5 Å². The van der Waals surface area contributed by atoms with Gasteiger partial charge < -0.3 is 19.2 Å². The molecule has 18 heavy (non-hydrogen) atoms. The fourth-order valence-corrected chi connectivity index (χ4v) is 1.29. The second-order valence-corrected chi connectivity index (χ2v) is 5.06. The van der Waals surface area contributed by atoms with Crippen molar-refractivity contribution in [2.24, 2.45) is 0 Å². The minimum absolute atomic E-state index is 0.103. The largest absolute Gasteiger partial charge is 0.423 e. The van der Waals surface area contributed by atoms with Gasteiger partial charge in [0.2, 0.25) is 11.8 Å². The molecule has 1 aromatic heterocycles. The van der Waals surface area contributed by atoms with E-state index in [2.05, 4.69) is 36.3 Å². The highest BCUT2D eigenvalue weighted by Crippen LogP contribution is 2.03. The highest BCUT2D eigenvalue weighted by Gasteiger charge is 2.10. The Morgan fingerprint density at radius 2 is 1.89 bits per heavy atom. The Morgan fingerprint density at radius 3 is 2.56 bits per heavy atom. The van der Waals surface area contributed by atoms with Crippen molar-refractivity contribution in [3.63, 3.8) is 0 Å². The molecule has 1 aromatic rings. The van der Waals surface area contributed by atoms with E-state index in [9.17, 15) is 0 Å². The van der Waals surface area contributed by atoms with Crippen LogP contribution in [0.3, 0.4) is 0 Å². The minimum Gasteiger partial charge on any atom is -0.423 e. The molecule has 0 atom stereocenters. The van der Waals surface area contributed by atoms with Crippen LogP contribution in [0.1, 0.15) is 32.6 Å². The fourth-order valence-electron chi connectivity index (χ4n) is 1.29. The molecular weight excluding hydrogens is 234 g/mol. The van der Waals surface area contributed by atoms with E-state index in [0.717, 1.165) is 13.0 Å². The van der Waals surface area contributed by atoms with Gasteiger partial charge in [0.05, 0.1) is 13.2 Å². The molecule has 0 aliphatic rings. The van der Waals surface area contributed by atoms with Crippen molar-refractivity contribution >= 4 is 0 Å². The van der Waals surface area contributed by atoms with E-state index in [1.165, 1.54) is 0 Å². The average molecular weight is 257 g/mol. The number of nitrogens with zero attached hydrogens (tertiary/aromatic N) is 2. The molecule has 0 fully saturated rings. The smallest absolute Gasteiger partial charge is 0.242 e. The van der Waals surface area contributed by atoms with Crippen LogP contribution >= 0.6 is 0 Å². The normalized spacial score (nSPS) is 12.0. The van der Waals surface area contributed by atoms with Crippen molar-refractivity contribution in [2.75, 3.05) is 26.9 Å². The van der Waals surface area contributed by atoms with Gasteiger partial charge in [-0.2, -0.15) is 0 Å². The maximum absolute atomic E-state index is 5.45. The molecule has 0 radical (unpaired) electrons. The maximum Gasteiger partial charge on any atom is 0.242 e. The SMILES string of the molecule is COCCOCc1nnc(CCNC(C)(C)C)o1. The maximum atomic E-state index is 5.45. The molecule has 1 heterocycles. The first-order valence-corrected chi connectivity index (χ1v) is 6.14. The standard InChI is InChI=1S/C12H23N3O3/c1-12(2,3)13-6-5-10-14-15-11(18-10)9-17-8-7-16-4/h13H,5-9H2,1-4H3. The third-order valence-corrected chi connectivity index (χ3v) is 2.16. The van der Waals surface area contributed by atoms with Gasteiger partial charge in [-0.15, -0.1) is 10.2 Å². The van der Waals surface area contributed by atoms with Crippen molar-refractivity contribution in [3.05, 3.63) is 11.8 Å². The number of rotatable bonds is 8. The van der Waals surface area contributed by atoms with Crippen LogP contribution in [0, 0.1) is 0 Å². The van der Waals surface area contributed by atoms with Gasteiger partial charge in [0.1, 0.15) is 6.61 Å². The first-order chi connectivity index (χ1) is 8.51. The van der Waals surface area contributed by atoms with Crippen LogP contribution in [-0.2, 0) is 22.5 Å². The van der Waals surface area contributed by atoms with Crippen molar-refractivity contribution in [1.29, 1.82) is 0 Å². The molecule has 0 unspecified atom stereocenters. The summed E-state index contributed by atoms with van der Waals surface area (Å²) in [4.78, 5) is 0. The lowest BCUT2D eigenvalue weighted by molar-refractivity contribution is 0.0513. The Hall–Kier alpha value is -0.980. The summed E-state index contributed by atoms with van der Waals surface area (Å²) < 4.78 is 15.6. The molecule has 0 aliphatic heterocycles. The molecule has 0 saturated carbocycles. The molecule has 0 saturated heterocycles. The van der Waals surface area contributed by atoms with E-state index in [1.54, 1.807) is 7.11 Å². The number of hydrogen-bond donors (Lipinski definition) is 1. The third-order valence-electron chi connectivity index (χ3n) is 2.16. The topological polar surface area (TPSA) is 69.4 Å². The van der Waals surface area contributed by atoms with Crippen molar-refractivity contribution < 1.29 is 13.9 Å². The Labute approximate surface area is 108 Å². The lowest BCUT2D eigenvalue weighted by Gasteiger charge is -2.19. The monoisotopic (exact) mass is 257 g/mol. The molecule has 0 bridgehead atoms. The second kappa shape index (κ2) is 7.45. The quantitative estimate of drug-likeness (QED) is 0.705. The molecule has 6 heteroatoms. The predicted molar refractivity (Wildman–Crippen MR) is 67.3 cm³/mol. The van der Waals surface area contributed by atoms with Gasteiger partial charge in [-0.25, -0.2) is 0 Å². The summed E-state index contributed by atoms with van der Waals surface area (Å²) in [7, 11) is 1.64. The number of nitrogens with one attached hydrogen (secondary N) is 1. The van der Waals surface area contributed by atoms with Crippen LogP contribution in [0.15, 0.2) is 4.42 Å². The van der Waals surface area contributed by atoms with Gasteiger partial charge in [-0.1, -0.05) is 0 Å². The lowest BCUT2D eigenvalue weighted by Crippen LogP contribution is -2.37. The highest BCUT2D eigenvalue weighted by atomic mass is 16.5. The van der Waals surface area contributed by atoms with E-state index >= 15 is 0 Å². The zero-order valence-electron chi connectivity index (χ0n) is 11.7. The van der Waals surface area contributed by atoms with E-state index in [-0.39, 0.29) is 5.54 Å². The molecule has 6 nitrogen and oxygen atoms in total. The Kier molecular flexibility index (Phi) is 6.24. The minimum atomic E-state index is 0.103. The van der Waals surface area contributed by atoms with Gasteiger partial charge in [0.15, 0.2) is 0 Å². The second-order valence-electron chi connectivity index (χ2n) is 5.06. The summed E-state index contributed by atoms with van der Waals surface area (Å²) in [5, 5.41) is 11.2. The van der Waals surface area contributed by atoms with Crippen LogP contribution in [0.5, 0.6) is 0 Å². The van der Waals surface area contributed by atoms with Gasteiger partial charge in [0.25, 0.3) is 0 Å². The molecule has 0 amide bonds. The molecular formula is C12H23N3O3. The Balaban J connectivity index is 2.21. The first kappa shape index (κ1) is 15.1. The highest BCUT2D eigenvalue weighted by molar-refractivity contribution is 4.82. The summed E-state index contributed by atoms with van der Waals surface area (Å²) >= 11 is 0. The molecule has 0 aromatic carbocycles. The molecule has 1 rings (SSSR count). The first-order valence-electron chi connectivity index (χ1n) is 6.14. The predicted octanol–water partition coefficient (Wildman–Crippen LogP) is 1.16. The zero-order chi connectivity index (χ0) is 13.4. The molecule has 0 aliphatic carbocycles. The van der Waals surface area contributed by atoms with Crippen LogP contribution in [0.25, 0.3) is 0 Å². The van der Waals surface area contributed by atoms with Gasteiger partial charge in [-0.05, 0) is 20.8 Å². The third kappa shape index (κ3) is 6.68. The number of hydrogen-bond acceptors (Lipinski definition) is 6. The molecule has 104 valence electrons. The number of aromatic nitrogens is 2. The average Bonchev–Trinajstić information content (AvgIpc) is 2.71. The van der Waals surface area contributed by atoms with Crippen LogP contribution in [0.2, 0.25) is 0 Å². The van der Waals surface area contributed by atoms with Crippen molar-refractivity contribution in [2.45, 2.75) is 39.3 Å². The van der Waals surface area contributed by atoms with Crippen LogP contribution < -0.4 is 5.32 Å². The summed E-state index contributed by atoms with van der Waals surface area (Å²) in [6.45, 7) is 8.61. The number of methoxy groups -OCH3 is 1. The van der Waals surface area contributed by atoms with Gasteiger partial charge >= 0.3 is 0 Å². The van der Waals surface area contributed by atoms with Crippen LogP contribution in [-0.4, -0.2) is 42.6 Å².